The molecule has 0 aromatic carbocycles. The van der Waals surface area contributed by atoms with Gasteiger partial charge in [-0.2, -0.15) is 0 Å². The summed E-state index contributed by atoms with van der Waals surface area (Å²) in [6.45, 7) is 2.94. The first kappa shape index (κ1) is 70.9. The van der Waals surface area contributed by atoms with Crippen molar-refractivity contribution in [1.29, 1.82) is 0 Å². The summed E-state index contributed by atoms with van der Waals surface area (Å²) in [5, 5.41) is 132. The molecule has 2 heterocycles. The summed E-state index contributed by atoms with van der Waals surface area (Å²) in [7, 11) is 0. The van der Waals surface area contributed by atoms with Gasteiger partial charge in [-0.25, -0.2) is 4.79 Å². The fourth-order valence-corrected chi connectivity index (χ4v) is 10.1. The van der Waals surface area contributed by atoms with E-state index in [9.17, 15) is 75.7 Å². The highest BCUT2D eigenvalue weighted by Gasteiger charge is 2.57. The molecule has 1 unspecified atom stereocenters. The summed E-state index contributed by atoms with van der Waals surface area (Å²) < 4.78 is 22.7. The summed E-state index contributed by atoms with van der Waals surface area (Å²) >= 11 is 0. The Morgan fingerprint density at radius 1 is 0.649 bits per heavy atom. The number of aliphatic hydroxyl groups is 11. The number of rotatable bonds is 46. The van der Waals surface area contributed by atoms with E-state index in [1.54, 1.807) is 0 Å². The molecular weight excluding hydrogens is 1000 g/mol. The van der Waals surface area contributed by atoms with Crippen LogP contribution >= 0.6 is 0 Å². The Balaban J connectivity index is 2.05. The topological polar surface area (TPSA) is 355 Å². The third-order valence-corrected chi connectivity index (χ3v) is 15.5. The molecule has 2 saturated heterocycles. The molecule has 14 N–H and O–H groups in total. The lowest BCUT2D eigenvalue weighted by Crippen LogP contribution is -2.68. The van der Waals surface area contributed by atoms with Crippen LogP contribution in [0.1, 0.15) is 213 Å². The van der Waals surface area contributed by atoms with Crippen LogP contribution in [0, 0.1) is 5.92 Å². The smallest absolute Gasteiger partial charge is 0.364 e. The lowest BCUT2D eigenvalue weighted by atomic mass is 9.88. The lowest BCUT2D eigenvalue weighted by molar-refractivity contribution is -0.339. The van der Waals surface area contributed by atoms with Crippen molar-refractivity contribution < 1.29 is 94.6 Å². The van der Waals surface area contributed by atoms with Crippen LogP contribution in [0.15, 0.2) is 0 Å². The van der Waals surface area contributed by atoms with Crippen molar-refractivity contribution in [2.24, 2.45) is 5.92 Å². The predicted molar refractivity (Wildman–Crippen MR) is 287 cm³/mol. The van der Waals surface area contributed by atoms with Crippen LogP contribution in [0.3, 0.4) is 0 Å². The number of hydrogen-bond acceptors (Lipinski definition) is 18. The molecule has 2 fully saturated rings. The second kappa shape index (κ2) is 40.9. The van der Waals surface area contributed by atoms with E-state index < -0.39 is 142 Å². The van der Waals surface area contributed by atoms with E-state index in [4.69, 9.17) is 18.9 Å². The SMILES string of the molecule is CCCCCCCCCCCCCCCCCCCC[C@@H](O)C(=O)N[C@@H](CO[C@@H]1O[C@H](CO[C@]2(C(=O)O)C[C@H](O)[C@@H](NC(=O)CO)[C@H]([C@H](O)[C@H](O)CO)O2)[C@@H](O)[C@H](O)[C@H]1O)[C@H](O)[C@H](O)CCCCCCCCCC(C)CC. The summed E-state index contributed by atoms with van der Waals surface area (Å²) in [6, 6.07) is -3.03. The molecule has 0 spiro atoms. The van der Waals surface area contributed by atoms with Gasteiger partial charge >= 0.3 is 5.97 Å². The summed E-state index contributed by atoms with van der Waals surface area (Å²) in [6.07, 6.45) is 8.11. The molecule has 2 aliphatic rings. The van der Waals surface area contributed by atoms with Gasteiger partial charge in [0.15, 0.2) is 6.29 Å². The van der Waals surface area contributed by atoms with Crippen LogP contribution in [-0.4, -0.2) is 197 Å². The van der Waals surface area contributed by atoms with Crippen molar-refractivity contribution >= 4 is 17.8 Å². The van der Waals surface area contributed by atoms with Crippen LogP contribution in [0.2, 0.25) is 0 Å². The van der Waals surface area contributed by atoms with Gasteiger partial charge in [0.25, 0.3) is 5.79 Å². The maximum atomic E-state index is 13.4. The second-order valence-electron chi connectivity index (χ2n) is 22.1. The van der Waals surface area contributed by atoms with Crippen molar-refractivity contribution in [3.05, 3.63) is 0 Å². The Bertz CT molecular complexity index is 1540. The van der Waals surface area contributed by atoms with Gasteiger partial charge < -0.3 is 90.9 Å². The van der Waals surface area contributed by atoms with E-state index in [1.807, 2.05) is 0 Å². The quantitative estimate of drug-likeness (QED) is 0.0388. The molecule has 0 aliphatic carbocycles. The molecule has 21 nitrogen and oxygen atoms in total. The zero-order chi connectivity index (χ0) is 57.2. The third kappa shape index (κ3) is 27.0. The fourth-order valence-electron chi connectivity index (χ4n) is 10.1. The van der Waals surface area contributed by atoms with E-state index in [1.165, 1.54) is 103 Å². The normalized spacial score (nSPS) is 26.6. The number of hydrogen-bond donors (Lipinski definition) is 14. The first-order chi connectivity index (χ1) is 36.9. The molecule has 77 heavy (non-hydrogen) atoms. The molecule has 0 saturated carbocycles. The summed E-state index contributed by atoms with van der Waals surface area (Å²) in [5.41, 5.74) is 0. The van der Waals surface area contributed by atoms with Crippen LogP contribution in [0.25, 0.3) is 0 Å². The third-order valence-electron chi connectivity index (χ3n) is 15.5. The average Bonchev–Trinajstić information content (AvgIpc) is 3.42. The molecule has 2 aliphatic heterocycles. The molecule has 21 heteroatoms. The maximum absolute atomic E-state index is 13.4. The number of amides is 2. The van der Waals surface area contributed by atoms with Crippen molar-refractivity contribution in [3.8, 4) is 0 Å². The Morgan fingerprint density at radius 2 is 1.14 bits per heavy atom. The van der Waals surface area contributed by atoms with E-state index >= 15 is 0 Å². The highest BCUT2D eigenvalue weighted by atomic mass is 16.7. The minimum absolute atomic E-state index is 0.142. The Morgan fingerprint density at radius 3 is 1.62 bits per heavy atom. The molecule has 0 aromatic rings. The minimum Gasteiger partial charge on any atom is -0.477 e. The number of carboxylic acids is 1. The summed E-state index contributed by atoms with van der Waals surface area (Å²) in [4.78, 5) is 38.3. The zero-order valence-corrected chi connectivity index (χ0v) is 46.9. The second-order valence-corrected chi connectivity index (χ2v) is 22.1. The Labute approximate surface area is 458 Å². The van der Waals surface area contributed by atoms with Crippen LogP contribution in [0.5, 0.6) is 0 Å². The maximum Gasteiger partial charge on any atom is 0.364 e. The first-order valence-corrected chi connectivity index (χ1v) is 29.6. The lowest BCUT2D eigenvalue weighted by Gasteiger charge is -2.47. The van der Waals surface area contributed by atoms with Gasteiger partial charge in [-0.1, -0.05) is 194 Å². The molecule has 454 valence electrons. The van der Waals surface area contributed by atoms with Gasteiger partial charge in [0.2, 0.25) is 11.8 Å². The minimum atomic E-state index is -2.89. The number of aliphatic hydroxyl groups excluding tert-OH is 11. The van der Waals surface area contributed by atoms with Crippen LogP contribution in [-0.2, 0) is 33.3 Å². The van der Waals surface area contributed by atoms with Gasteiger partial charge in [-0.15, -0.1) is 0 Å². The van der Waals surface area contributed by atoms with Crippen LogP contribution in [0.4, 0.5) is 0 Å². The monoisotopic (exact) mass is 1110 g/mol. The molecule has 2 amide bonds. The fraction of sp³-hybridized carbons (Fsp3) is 0.946. The molecule has 0 bridgehead atoms. The number of carboxylic acid groups (broad SMARTS) is 1. The van der Waals surface area contributed by atoms with Gasteiger partial charge in [0.05, 0.1) is 44.1 Å². The van der Waals surface area contributed by atoms with Crippen molar-refractivity contribution in [2.75, 3.05) is 26.4 Å². The highest BCUT2D eigenvalue weighted by molar-refractivity contribution is 5.80. The molecular formula is C56H106N2O19. The van der Waals surface area contributed by atoms with Gasteiger partial charge in [0.1, 0.15) is 61.5 Å². The summed E-state index contributed by atoms with van der Waals surface area (Å²) in [5.74, 6) is -5.96. The highest BCUT2D eigenvalue weighted by Crippen LogP contribution is 2.35. The molecule has 0 aromatic heterocycles. The number of carbonyl (C=O) groups excluding carboxylic acids is 2. The number of aliphatic carboxylic acids is 1. The molecule has 0 radical (unpaired) electrons. The van der Waals surface area contributed by atoms with E-state index in [0.717, 1.165) is 57.8 Å². The van der Waals surface area contributed by atoms with Gasteiger partial charge in [-0.3, -0.25) is 9.59 Å². The number of ether oxygens (including phenoxy) is 4. The largest absolute Gasteiger partial charge is 0.477 e. The average molecular weight is 1110 g/mol. The Kier molecular flexibility index (Phi) is 37.7. The van der Waals surface area contributed by atoms with Gasteiger partial charge in [0, 0.05) is 6.42 Å². The predicted octanol–water partition coefficient (Wildman–Crippen LogP) is 3.51. The number of nitrogens with one attached hydrogen (secondary N) is 2. The van der Waals surface area contributed by atoms with Crippen molar-refractivity contribution in [1.82, 2.24) is 10.6 Å². The van der Waals surface area contributed by atoms with E-state index in [0.29, 0.717) is 18.8 Å². The van der Waals surface area contributed by atoms with Crippen LogP contribution < -0.4 is 10.6 Å². The molecule has 16 atom stereocenters. The number of carbonyl (C=O) groups is 3. The van der Waals surface area contributed by atoms with E-state index in [2.05, 4.69) is 31.4 Å². The Hall–Kier alpha value is -2.19. The zero-order valence-electron chi connectivity index (χ0n) is 46.9. The first-order valence-electron chi connectivity index (χ1n) is 29.6. The molecule has 2 rings (SSSR count). The standard InChI is InChI=1S/C56H106N2O19/c1-4-6-7-8-9-10-11-12-13-14-15-16-17-18-19-22-26-29-32-41(62)53(71)57-39(47(66)40(61)31-28-25-23-20-21-24-27-30-38(3)5-2)36-74-54-51(70)50(69)49(68)44(76-54)37-75-56(55(72)73)33-42(63)46(58-45(65)35-60)52(77-56)48(67)43(64)34-59/h38-44,46-52,54,59-64,66-70H,4-37H2,1-3H3,(H,57,71)(H,58,65)(H,72,73)/t38?,39-,40+,41+,42-,43+,44+,46+,47-,48+,49+,50-,51+,52+,54+,56+/m0/s1. The van der Waals surface area contributed by atoms with Crippen molar-refractivity contribution in [3.63, 3.8) is 0 Å². The van der Waals surface area contributed by atoms with Gasteiger partial charge in [-0.05, 0) is 18.8 Å². The number of unbranched alkanes of at least 4 members (excludes halogenated alkanes) is 23. The van der Waals surface area contributed by atoms with Crippen molar-refractivity contribution in [2.45, 2.75) is 305 Å². The van der Waals surface area contributed by atoms with E-state index in [-0.39, 0.29) is 12.8 Å².